The first kappa shape index (κ1) is 15.0. The molecule has 1 aliphatic heterocycles. The molecule has 0 bridgehead atoms. The molecule has 8 nitrogen and oxygen atoms in total. The lowest BCUT2D eigenvalue weighted by Gasteiger charge is -2.31. The summed E-state index contributed by atoms with van der Waals surface area (Å²) in [6.07, 6.45) is 4.51. The largest absolute Gasteiger partial charge is 0.360 e. The predicted octanol–water partition coefficient (Wildman–Crippen LogP) is 1.50. The van der Waals surface area contributed by atoms with E-state index >= 15 is 0 Å². The van der Waals surface area contributed by atoms with Crippen LogP contribution in [0.15, 0.2) is 23.0 Å². The van der Waals surface area contributed by atoms with Gasteiger partial charge < -0.3 is 14.7 Å². The van der Waals surface area contributed by atoms with Crippen molar-refractivity contribution in [2.45, 2.75) is 19.8 Å². The fraction of sp³-hybridized carbons (Fsp3) is 0.400. The number of nitrogens with one attached hydrogen (secondary N) is 1. The average Bonchev–Trinajstić information content (AvgIpc) is 3.00. The van der Waals surface area contributed by atoms with E-state index in [1.165, 1.54) is 6.20 Å². The van der Waals surface area contributed by atoms with Gasteiger partial charge >= 0.3 is 0 Å². The second-order valence-corrected chi connectivity index (χ2v) is 5.45. The maximum absolute atomic E-state index is 12.2. The zero-order valence-electron chi connectivity index (χ0n) is 12.7. The second-order valence-electron chi connectivity index (χ2n) is 5.45. The molecule has 1 amide bonds. The summed E-state index contributed by atoms with van der Waals surface area (Å²) in [7, 11) is 0. The van der Waals surface area contributed by atoms with Gasteiger partial charge in [-0.2, -0.15) is 5.26 Å². The average molecular weight is 312 g/mol. The van der Waals surface area contributed by atoms with Crippen LogP contribution in [-0.2, 0) is 4.79 Å². The van der Waals surface area contributed by atoms with E-state index in [-0.39, 0.29) is 11.8 Å². The van der Waals surface area contributed by atoms with Crippen LogP contribution in [0.3, 0.4) is 0 Å². The molecule has 3 heterocycles. The molecule has 0 spiro atoms. The lowest BCUT2D eigenvalue weighted by Crippen LogP contribution is -2.38. The van der Waals surface area contributed by atoms with E-state index in [0.29, 0.717) is 17.3 Å². The molecule has 0 aliphatic carbocycles. The fourth-order valence-corrected chi connectivity index (χ4v) is 2.57. The molecule has 1 N–H and O–H groups in total. The lowest BCUT2D eigenvalue weighted by molar-refractivity contribution is -0.120. The van der Waals surface area contributed by atoms with Crippen molar-refractivity contribution in [1.82, 2.24) is 15.1 Å². The standard InChI is InChI=1S/C15H16N6O2/c1-10-6-13(20-23-10)19-15(22)11-2-4-21(5-3-11)14-9-17-12(7-16)8-18-14/h6,8-9,11H,2-5H2,1H3,(H,19,20,22). The molecule has 1 saturated heterocycles. The highest BCUT2D eigenvalue weighted by molar-refractivity contribution is 5.91. The summed E-state index contributed by atoms with van der Waals surface area (Å²) in [5.74, 6) is 1.75. The van der Waals surface area contributed by atoms with Crippen molar-refractivity contribution in [2.24, 2.45) is 5.92 Å². The van der Waals surface area contributed by atoms with Crippen molar-refractivity contribution in [1.29, 1.82) is 5.26 Å². The fourth-order valence-electron chi connectivity index (χ4n) is 2.57. The third-order valence-corrected chi connectivity index (χ3v) is 3.82. The number of hydrogen-bond donors (Lipinski definition) is 1. The molecular weight excluding hydrogens is 296 g/mol. The summed E-state index contributed by atoms with van der Waals surface area (Å²) in [6.45, 7) is 3.22. The smallest absolute Gasteiger partial charge is 0.228 e. The van der Waals surface area contributed by atoms with Crippen LogP contribution in [0, 0.1) is 24.2 Å². The van der Waals surface area contributed by atoms with Crippen molar-refractivity contribution in [2.75, 3.05) is 23.3 Å². The minimum absolute atomic E-state index is 0.0381. The summed E-state index contributed by atoms with van der Waals surface area (Å²) in [5, 5.41) is 15.3. The number of carbonyl (C=O) groups is 1. The van der Waals surface area contributed by atoms with Gasteiger partial charge in [-0.1, -0.05) is 5.16 Å². The van der Waals surface area contributed by atoms with Gasteiger partial charge in [0.05, 0.1) is 12.4 Å². The number of anilines is 2. The molecule has 0 radical (unpaired) electrons. The lowest BCUT2D eigenvalue weighted by atomic mass is 9.96. The molecule has 0 atom stereocenters. The number of hydrogen-bond acceptors (Lipinski definition) is 7. The Morgan fingerprint density at radius 3 is 2.74 bits per heavy atom. The molecule has 2 aromatic heterocycles. The van der Waals surface area contributed by atoms with E-state index in [9.17, 15) is 4.79 Å². The normalized spacial score (nSPS) is 15.2. The predicted molar refractivity (Wildman–Crippen MR) is 81.6 cm³/mol. The molecule has 0 unspecified atom stereocenters. The molecule has 8 heteroatoms. The summed E-state index contributed by atoms with van der Waals surface area (Å²) < 4.78 is 4.94. The maximum atomic E-state index is 12.2. The molecule has 0 saturated carbocycles. The number of rotatable bonds is 3. The van der Waals surface area contributed by atoms with Gasteiger partial charge in [-0.15, -0.1) is 0 Å². The minimum atomic E-state index is -0.0606. The Labute approximate surface area is 133 Å². The number of aromatic nitrogens is 3. The minimum Gasteiger partial charge on any atom is -0.360 e. The maximum Gasteiger partial charge on any atom is 0.228 e. The Morgan fingerprint density at radius 2 is 2.17 bits per heavy atom. The monoisotopic (exact) mass is 312 g/mol. The molecule has 0 aromatic carbocycles. The Kier molecular flexibility index (Phi) is 4.19. The SMILES string of the molecule is Cc1cc(NC(=O)C2CCN(c3cnc(C#N)cn3)CC2)no1. The van der Waals surface area contributed by atoms with Gasteiger partial charge in [0, 0.05) is 25.1 Å². The van der Waals surface area contributed by atoms with Crippen LogP contribution in [0.5, 0.6) is 0 Å². The van der Waals surface area contributed by atoms with E-state index in [4.69, 9.17) is 9.78 Å². The topological polar surface area (TPSA) is 108 Å². The van der Waals surface area contributed by atoms with Crippen LogP contribution in [0.2, 0.25) is 0 Å². The van der Waals surface area contributed by atoms with Crippen molar-refractivity contribution in [3.63, 3.8) is 0 Å². The van der Waals surface area contributed by atoms with Crippen LogP contribution >= 0.6 is 0 Å². The number of aryl methyl sites for hydroxylation is 1. The number of nitrogens with zero attached hydrogens (tertiary/aromatic N) is 5. The molecule has 1 fully saturated rings. The molecule has 118 valence electrons. The van der Waals surface area contributed by atoms with E-state index in [0.717, 1.165) is 31.7 Å². The van der Waals surface area contributed by atoms with Crippen LogP contribution in [0.4, 0.5) is 11.6 Å². The number of nitriles is 1. The molecule has 3 rings (SSSR count). The van der Waals surface area contributed by atoms with Crippen LogP contribution in [-0.4, -0.2) is 34.1 Å². The Morgan fingerprint density at radius 1 is 1.39 bits per heavy atom. The van der Waals surface area contributed by atoms with Gasteiger partial charge in [0.15, 0.2) is 11.5 Å². The van der Waals surface area contributed by atoms with E-state index < -0.39 is 0 Å². The van der Waals surface area contributed by atoms with E-state index in [1.807, 2.05) is 6.07 Å². The summed E-state index contributed by atoms with van der Waals surface area (Å²) in [4.78, 5) is 22.5. The zero-order valence-corrected chi connectivity index (χ0v) is 12.7. The van der Waals surface area contributed by atoms with Crippen molar-refractivity contribution in [3.8, 4) is 6.07 Å². The quantitative estimate of drug-likeness (QED) is 0.914. The van der Waals surface area contributed by atoms with Crippen molar-refractivity contribution in [3.05, 3.63) is 29.9 Å². The van der Waals surface area contributed by atoms with Crippen molar-refractivity contribution < 1.29 is 9.32 Å². The summed E-state index contributed by atoms with van der Waals surface area (Å²) >= 11 is 0. The third-order valence-electron chi connectivity index (χ3n) is 3.82. The highest BCUT2D eigenvalue weighted by Gasteiger charge is 2.26. The highest BCUT2D eigenvalue weighted by atomic mass is 16.5. The number of piperidine rings is 1. The van der Waals surface area contributed by atoms with Crippen LogP contribution in [0.25, 0.3) is 0 Å². The third kappa shape index (κ3) is 3.45. The Balaban J connectivity index is 1.55. The van der Waals surface area contributed by atoms with E-state index in [1.54, 1.807) is 19.2 Å². The zero-order chi connectivity index (χ0) is 16.2. The molecular formula is C15H16N6O2. The first-order valence-electron chi connectivity index (χ1n) is 7.37. The van der Waals surface area contributed by atoms with Gasteiger partial charge in [-0.25, -0.2) is 9.97 Å². The van der Waals surface area contributed by atoms with Gasteiger partial charge in [-0.3, -0.25) is 4.79 Å². The first-order chi connectivity index (χ1) is 11.2. The molecule has 2 aromatic rings. The molecule has 23 heavy (non-hydrogen) atoms. The second kappa shape index (κ2) is 6.44. The first-order valence-corrected chi connectivity index (χ1v) is 7.37. The summed E-state index contributed by atoms with van der Waals surface area (Å²) in [5.41, 5.74) is 0.297. The van der Waals surface area contributed by atoms with Gasteiger partial charge in [0.2, 0.25) is 5.91 Å². The van der Waals surface area contributed by atoms with Crippen LogP contribution in [0.1, 0.15) is 24.3 Å². The van der Waals surface area contributed by atoms with E-state index in [2.05, 4.69) is 25.3 Å². The highest BCUT2D eigenvalue weighted by Crippen LogP contribution is 2.22. The van der Waals surface area contributed by atoms with Gasteiger partial charge in [0.25, 0.3) is 0 Å². The number of carbonyl (C=O) groups excluding carboxylic acids is 1. The Bertz CT molecular complexity index is 725. The van der Waals surface area contributed by atoms with Gasteiger partial charge in [-0.05, 0) is 19.8 Å². The Hall–Kier alpha value is -2.95. The van der Waals surface area contributed by atoms with Gasteiger partial charge in [0.1, 0.15) is 17.6 Å². The number of amides is 1. The van der Waals surface area contributed by atoms with Crippen LogP contribution < -0.4 is 10.2 Å². The summed E-state index contributed by atoms with van der Waals surface area (Å²) in [6, 6.07) is 3.64. The molecule has 1 aliphatic rings. The van der Waals surface area contributed by atoms with Crippen molar-refractivity contribution >= 4 is 17.5 Å².